The van der Waals surface area contributed by atoms with Crippen molar-refractivity contribution in [3.05, 3.63) is 59.9 Å². The second kappa shape index (κ2) is 10.5. The zero-order chi connectivity index (χ0) is 23.2. The maximum atomic E-state index is 14.3. The monoisotopic (exact) mass is 484 g/mol. The molecule has 0 spiro atoms. The lowest BCUT2D eigenvalue weighted by Crippen LogP contribution is -2.40. The second-order valence-electron chi connectivity index (χ2n) is 7.39. The Bertz CT molecular complexity index is 1150. The van der Waals surface area contributed by atoms with E-state index in [-0.39, 0.29) is 37.7 Å². The molecule has 32 heavy (non-hydrogen) atoms. The molecular formula is C21H25FN2O6S2. The maximum Gasteiger partial charge on any atom is 0.246 e. The summed E-state index contributed by atoms with van der Waals surface area (Å²) in [4.78, 5) is 11.7. The van der Waals surface area contributed by atoms with Crippen molar-refractivity contribution >= 4 is 31.5 Å². The van der Waals surface area contributed by atoms with Gasteiger partial charge in [0, 0.05) is 18.8 Å². The molecule has 1 N–H and O–H groups in total. The molecule has 0 saturated carbocycles. The molecule has 1 amide bonds. The van der Waals surface area contributed by atoms with Crippen LogP contribution in [-0.4, -0.2) is 64.9 Å². The fraction of sp³-hybridized carbons (Fsp3) is 0.381. The predicted molar refractivity (Wildman–Crippen MR) is 118 cm³/mol. The summed E-state index contributed by atoms with van der Waals surface area (Å²) < 4.78 is 70.5. The van der Waals surface area contributed by atoms with Gasteiger partial charge in [0.25, 0.3) is 0 Å². The summed E-state index contributed by atoms with van der Waals surface area (Å²) in [7, 11) is -7.78. The number of anilines is 1. The Labute approximate surface area is 187 Å². The third-order valence-electron chi connectivity index (χ3n) is 4.92. The molecule has 8 nitrogen and oxygen atoms in total. The lowest BCUT2D eigenvalue weighted by Gasteiger charge is -2.26. The van der Waals surface area contributed by atoms with Crippen LogP contribution < -0.4 is 5.32 Å². The third kappa shape index (κ3) is 6.58. The molecule has 0 unspecified atom stereocenters. The van der Waals surface area contributed by atoms with Gasteiger partial charge in [-0.15, -0.1) is 0 Å². The number of amides is 1. The molecule has 1 saturated heterocycles. The highest BCUT2D eigenvalue weighted by molar-refractivity contribution is 7.92. The molecule has 0 aromatic heterocycles. The van der Waals surface area contributed by atoms with Gasteiger partial charge in [-0.05, 0) is 36.6 Å². The number of hydrogen-bond acceptors (Lipinski definition) is 6. The second-order valence-corrected chi connectivity index (χ2v) is 11.5. The number of hydrogen-bond donors (Lipinski definition) is 1. The Hall–Kier alpha value is -2.34. The topological polar surface area (TPSA) is 110 Å². The van der Waals surface area contributed by atoms with Crippen molar-refractivity contribution in [2.75, 3.05) is 43.1 Å². The number of sulfone groups is 1. The van der Waals surface area contributed by atoms with Crippen LogP contribution in [-0.2, 0) is 35.8 Å². The molecule has 0 aliphatic carbocycles. The zero-order valence-electron chi connectivity index (χ0n) is 17.4. The first kappa shape index (κ1) is 24.3. The van der Waals surface area contributed by atoms with E-state index in [4.69, 9.17) is 4.74 Å². The van der Waals surface area contributed by atoms with Crippen molar-refractivity contribution in [2.45, 2.75) is 17.7 Å². The Kier molecular flexibility index (Phi) is 7.99. The third-order valence-corrected chi connectivity index (χ3v) is 8.44. The molecule has 1 heterocycles. The van der Waals surface area contributed by atoms with Crippen LogP contribution in [0.25, 0.3) is 0 Å². The fourth-order valence-corrected chi connectivity index (χ4v) is 6.01. The van der Waals surface area contributed by atoms with Gasteiger partial charge in [0.05, 0.1) is 19.0 Å². The largest absolute Gasteiger partial charge is 0.379 e. The van der Waals surface area contributed by atoms with Crippen LogP contribution in [0.4, 0.5) is 10.1 Å². The molecule has 174 valence electrons. The molecule has 0 bridgehead atoms. The highest BCUT2D eigenvalue weighted by atomic mass is 32.2. The van der Waals surface area contributed by atoms with Crippen molar-refractivity contribution < 1.29 is 30.8 Å². The van der Waals surface area contributed by atoms with Gasteiger partial charge in [0.1, 0.15) is 16.5 Å². The van der Waals surface area contributed by atoms with E-state index in [0.29, 0.717) is 12.8 Å². The van der Waals surface area contributed by atoms with Crippen molar-refractivity contribution in [2.24, 2.45) is 0 Å². The van der Waals surface area contributed by atoms with E-state index in [2.05, 4.69) is 5.32 Å². The van der Waals surface area contributed by atoms with Gasteiger partial charge in [-0.1, -0.05) is 30.3 Å². The highest BCUT2D eigenvalue weighted by Gasteiger charge is 2.29. The first-order valence-electron chi connectivity index (χ1n) is 10.1. The smallest absolute Gasteiger partial charge is 0.246 e. The Balaban J connectivity index is 1.61. The predicted octanol–water partition coefficient (Wildman–Crippen LogP) is 1.83. The molecule has 2 aromatic rings. The van der Waals surface area contributed by atoms with Crippen molar-refractivity contribution in [3.63, 3.8) is 0 Å². The summed E-state index contributed by atoms with van der Waals surface area (Å²) in [5.41, 5.74) is 1.01. The molecular weight excluding hydrogens is 459 g/mol. The van der Waals surface area contributed by atoms with Crippen LogP contribution in [0.5, 0.6) is 0 Å². The molecule has 11 heteroatoms. The highest BCUT2D eigenvalue weighted by Crippen LogP contribution is 2.24. The fourth-order valence-electron chi connectivity index (χ4n) is 3.31. The van der Waals surface area contributed by atoms with Crippen molar-refractivity contribution in [1.29, 1.82) is 0 Å². The van der Waals surface area contributed by atoms with Crippen molar-refractivity contribution in [3.8, 4) is 0 Å². The molecule has 1 aliphatic heterocycles. The van der Waals surface area contributed by atoms with Gasteiger partial charge in [-0.25, -0.2) is 21.2 Å². The summed E-state index contributed by atoms with van der Waals surface area (Å²) in [6.07, 6.45) is 0.945. The minimum absolute atomic E-state index is 0.00252. The maximum absolute atomic E-state index is 14.3. The number of nitrogens with zero attached hydrogens (tertiary/aromatic N) is 1. The minimum Gasteiger partial charge on any atom is -0.379 e. The number of nitrogens with one attached hydrogen (secondary N) is 1. The number of rotatable bonds is 9. The van der Waals surface area contributed by atoms with E-state index >= 15 is 0 Å². The number of carbonyl (C=O) groups excluding carboxylic acids is 1. The van der Waals surface area contributed by atoms with Gasteiger partial charge >= 0.3 is 0 Å². The number of carbonyl (C=O) groups is 1. The Morgan fingerprint density at radius 3 is 2.41 bits per heavy atom. The van der Waals surface area contributed by atoms with E-state index < -0.39 is 42.2 Å². The van der Waals surface area contributed by atoms with Gasteiger partial charge in [0.15, 0.2) is 9.84 Å². The van der Waals surface area contributed by atoms with Crippen molar-refractivity contribution in [1.82, 2.24) is 4.31 Å². The van der Waals surface area contributed by atoms with Crippen LogP contribution >= 0.6 is 0 Å². The molecule has 1 aliphatic rings. The number of morpholine rings is 1. The summed E-state index contributed by atoms with van der Waals surface area (Å²) >= 11 is 0. The molecule has 3 rings (SSSR count). The lowest BCUT2D eigenvalue weighted by molar-refractivity contribution is -0.113. The zero-order valence-corrected chi connectivity index (χ0v) is 19.0. The quantitative estimate of drug-likeness (QED) is 0.582. The summed E-state index contributed by atoms with van der Waals surface area (Å²) in [6, 6.07) is 12.5. The van der Waals surface area contributed by atoms with E-state index in [1.165, 1.54) is 6.07 Å². The van der Waals surface area contributed by atoms with Crippen LogP contribution in [0, 0.1) is 5.82 Å². The van der Waals surface area contributed by atoms with Crippen LogP contribution in [0.3, 0.4) is 0 Å². The van der Waals surface area contributed by atoms with E-state index in [1.54, 1.807) is 0 Å². The van der Waals surface area contributed by atoms with Gasteiger partial charge in [-0.3, -0.25) is 4.79 Å². The Morgan fingerprint density at radius 1 is 1.03 bits per heavy atom. The van der Waals surface area contributed by atoms with E-state index in [0.717, 1.165) is 22.0 Å². The normalized spacial score (nSPS) is 15.4. The van der Waals surface area contributed by atoms with Crippen LogP contribution in [0.1, 0.15) is 12.0 Å². The molecule has 1 fully saturated rings. The Morgan fingerprint density at radius 2 is 1.72 bits per heavy atom. The molecule has 2 aromatic carbocycles. The minimum atomic E-state index is -4.12. The number of halogens is 1. The summed E-state index contributed by atoms with van der Waals surface area (Å²) in [6.45, 7) is 0.609. The van der Waals surface area contributed by atoms with Gasteiger partial charge < -0.3 is 10.1 Å². The first-order valence-corrected chi connectivity index (χ1v) is 13.4. The lowest BCUT2D eigenvalue weighted by atomic mass is 10.1. The number of aryl methyl sites for hydroxylation is 1. The first-order chi connectivity index (χ1) is 15.2. The number of ether oxygens (including phenoxy) is 1. The average molecular weight is 485 g/mol. The van der Waals surface area contributed by atoms with Gasteiger partial charge in [-0.2, -0.15) is 4.31 Å². The van der Waals surface area contributed by atoms with Crippen LogP contribution in [0.15, 0.2) is 53.4 Å². The SMILES string of the molecule is O=C(CS(=O)(=O)CCCc1ccccc1)Nc1ccc(F)c(S(=O)(=O)N2CCOCC2)c1. The summed E-state index contributed by atoms with van der Waals surface area (Å²) in [5, 5.41) is 2.36. The molecule has 0 atom stereocenters. The number of benzene rings is 2. The van der Waals surface area contributed by atoms with E-state index in [1.807, 2.05) is 30.3 Å². The van der Waals surface area contributed by atoms with Crippen LogP contribution in [0.2, 0.25) is 0 Å². The van der Waals surface area contributed by atoms with E-state index in [9.17, 15) is 26.0 Å². The molecule has 0 radical (unpaired) electrons. The standard InChI is InChI=1S/C21H25FN2O6S2/c22-19-9-8-18(15-20(19)32(28,29)24-10-12-30-13-11-24)23-21(25)16-31(26,27)14-4-7-17-5-2-1-3-6-17/h1-3,5-6,8-9,15H,4,7,10-14,16H2,(H,23,25). The number of sulfonamides is 1. The summed E-state index contributed by atoms with van der Waals surface area (Å²) in [5.74, 6) is -2.67. The van der Waals surface area contributed by atoms with Gasteiger partial charge in [0.2, 0.25) is 15.9 Å². The average Bonchev–Trinajstić information content (AvgIpc) is 2.76.